The van der Waals surface area contributed by atoms with Gasteiger partial charge in [0.05, 0.1) is 0 Å². The first-order valence-corrected chi connectivity index (χ1v) is 8.81. The van der Waals surface area contributed by atoms with E-state index in [9.17, 15) is 10.1 Å². The van der Waals surface area contributed by atoms with Gasteiger partial charge in [0.2, 0.25) is 0 Å². The second-order valence-electron chi connectivity index (χ2n) is 4.44. The molecule has 0 aliphatic rings. The fraction of sp³-hybridized carbons (Fsp3) is 0. The van der Waals surface area contributed by atoms with Crippen LogP contribution in [-0.4, -0.2) is 24.4 Å². The Balaban J connectivity index is 1.99. The van der Waals surface area contributed by atoms with Crippen LogP contribution >= 0.6 is 23.2 Å². The standard InChI is InChI=1S/C15H8Cl2N2O2Se/c16-11-2-1-3-12(17)14(11)15-18-13(8-22-15)9-4-6-10(7-5-9)19(20)21/h1-8H. The number of nitro groups is 1. The zero-order valence-corrected chi connectivity index (χ0v) is 14.2. The van der Waals surface area contributed by atoms with E-state index in [0.29, 0.717) is 10.0 Å². The van der Waals surface area contributed by atoms with Gasteiger partial charge in [-0.15, -0.1) is 0 Å². The Hall–Kier alpha value is -1.65. The van der Waals surface area contributed by atoms with E-state index in [4.69, 9.17) is 23.2 Å². The van der Waals surface area contributed by atoms with Gasteiger partial charge in [-0.1, -0.05) is 0 Å². The topological polar surface area (TPSA) is 56.0 Å². The van der Waals surface area contributed by atoms with Gasteiger partial charge in [0.25, 0.3) is 0 Å². The van der Waals surface area contributed by atoms with Gasteiger partial charge in [-0.25, -0.2) is 0 Å². The molecule has 0 spiro atoms. The average molecular weight is 398 g/mol. The van der Waals surface area contributed by atoms with Gasteiger partial charge in [-0.3, -0.25) is 0 Å². The van der Waals surface area contributed by atoms with Gasteiger partial charge < -0.3 is 0 Å². The van der Waals surface area contributed by atoms with Crippen LogP contribution in [0.15, 0.2) is 47.4 Å². The van der Waals surface area contributed by atoms with E-state index < -0.39 is 4.92 Å². The van der Waals surface area contributed by atoms with Gasteiger partial charge in [0, 0.05) is 0 Å². The molecule has 2 aromatic carbocycles. The number of benzene rings is 2. The zero-order chi connectivity index (χ0) is 15.7. The predicted octanol–water partition coefficient (Wildman–Crippen LogP) is 4.69. The third-order valence-corrected chi connectivity index (χ3v) is 5.49. The fourth-order valence-electron chi connectivity index (χ4n) is 1.98. The van der Waals surface area contributed by atoms with Gasteiger partial charge >= 0.3 is 142 Å². The van der Waals surface area contributed by atoms with Crippen molar-refractivity contribution in [1.82, 2.24) is 4.98 Å². The van der Waals surface area contributed by atoms with E-state index >= 15 is 0 Å². The van der Waals surface area contributed by atoms with Crippen LogP contribution in [0.2, 0.25) is 10.0 Å². The third-order valence-electron chi connectivity index (χ3n) is 3.05. The SMILES string of the molecule is O=[N+]([O-])c1ccc(-c2c[se]c(-c3c(Cl)cccc3Cl)n2)cc1. The van der Waals surface area contributed by atoms with Crippen molar-refractivity contribution in [3.8, 4) is 21.4 Å². The zero-order valence-electron chi connectivity index (χ0n) is 11.0. The summed E-state index contributed by atoms with van der Waals surface area (Å²) in [6.07, 6.45) is 0. The molecule has 1 heterocycles. The van der Waals surface area contributed by atoms with Crippen LogP contribution in [0.3, 0.4) is 0 Å². The van der Waals surface area contributed by atoms with Gasteiger partial charge in [-0.05, 0) is 0 Å². The molecule has 0 N–H and O–H groups in total. The molecule has 3 rings (SSSR count). The molecule has 0 saturated carbocycles. The molecule has 0 bridgehead atoms. The monoisotopic (exact) mass is 398 g/mol. The number of nitro benzene ring substituents is 1. The fourth-order valence-corrected chi connectivity index (χ4v) is 4.70. The van der Waals surface area contributed by atoms with Crippen LogP contribution in [-0.2, 0) is 0 Å². The number of nitrogens with zero attached hydrogens (tertiary/aromatic N) is 2. The van der Waals surface area contributed by atoms with Gasteiger partial charge in [0.15, 0.2) is 0 Å². The molecule has 3 aromatic rings. The summed E-state index contributed by atoms with van der Waals surface area (Å²) in [6.45, 7) is 0. The van der Waals surface area contributed by atoms with E-state index in [0.717, 1.165) is 21.4 Å². The second-order valence-corrected chi connectivity index (χ2v) is 7.05. The van der Waals surface area contributed by atoms with Crippen molar-refractivity contribution in [3.63, 3.8) is 0 Å². The number of aromatic nitrogens is 1. The van der Waals surface area contributed by atoms with Crippen molar-refractivity contribution in [2.24, 2.45) is 0 Å². The molecule has 0 aliphatic heterocycles. The Morgan fingerprint density at radius 3 is 2.27 bits per heavy atom. The summed E-state index contributed by atoms with van der Waals surface area (Å²) >= 11 is 12.4. The molecule has 110 valence electrons. The van der Waals surface area contributed by atoms with Crippen LogP contribution in [0.1, 0.15) is 0 Å². The number of non-ortho nitro benzene ring substituents is 1. The molecule has 4 nitrogen and oxygen atoms in total. The minimum atomic E-state index is -0.422. The molecule has 22 heavy (non-hydrogen) atoms. The van der Waals surface area contributed by atoms with Crippen LogP contribution in [0, 0.1) is 10.1 Å². The molecule has 7 heteroatoms. The maximum absolute atomic E-state index is 10.7. The molecule has 0 radical (unpaired) electrons. The van der Waals surface area contributed by atoms with Gasteiger partial charge in [0.1, 0.15) is 0 Å². The van der Waals surface area contributed by atoms with E-state index in [1.807, 2.05) is 4.94 Å². The average Bonchev–Trinajstić information content (AvgIpc) is 2.97. The second kappa shape index (κ2) is 6.23. The normalized spacial score (nSPS) is 10.6. The summed E-state index contributed by atoms with van der Waals surface area (Å²) in [5, 5.41) is 11.8. The van der Waals surface area contributed by atoms with E-state index in [1.165, 1.54) is 12.1 Å². The molecular weight excluding hydrogens is 390 g/mol. The first-order valence-electron chi connectivity index (χ1n) is 6.21. The van der Waals surface area contributed by atoms with Crippen molar-refractivity contribution >= 4 is 43.4 Å². The van der Waals surface area contributed by atoms with E-state index in [1.54, 1.807) is 30.3 Å². The maximum atomic E-state index is 10.7. The molecule has 0 amide bonds. The van der Waals surface area contributed by atoms with Crippen LogP contribution in [0.25, 0.3) is 21.4 Å². The van der Waals surface area contributed by atoms with Crippen molar-refractivity contribution in [3.05, 3.63) is 67.6 Å². The third kappa shape index (κ3) is 2.94. The van der Waals surface area contributed by atoms with Crippen LogP contribution in [0.5, 0.6) is 0 Å². The number of rotatable bonds is 3. The first kappa shape index (κ1) is 15.3. The Kier molecular flexibility index (Phi) is 4.32. The number of halogens is 2. The molecule has 0 atom stereocenters. The minimum absolute atomic E-state index is 0.0196. The Morgan fingerprint density at radius 1 is 1.05 bits per heavy atom. The molecule has 1 aromatic heterocycles. The molecular formula is C15H8Cl2N2O2Se. The van der Waals surface area contributed by atoms with Crippen molar-refractivity contribution in [2.75, 3.05) is 0 Å². The summed E-state index contributed by atoms with van der Waals surface area (Å²) in [6, 6.07) is 11.7. The quantitative estimate of drug-likeness (QED) is 0.366. The molecule has 0 saturated heterocycles. The first-order chi connectivity index (χ1) is 10.6. The Bertz CT molecular complexity index is 827. The van der Waals surface area contributed by atoms with E-state index in [2.05, 4.69) is 4.98 Å². The van der Waals surface area contributed by atoms with Crippen LogP contribution in [0.4, 0.5) is 5.69 Å². The number of hydrogen-bond acceptors (Lipinski definition) is 3. The summed E-state index contributed by atoms with van der Waals surface area (Å²) < 4.78 is 0.858. The molecule has 0 unspecified atom stereocenters. The van der Waals surface area contributed by atoms with Crippen LogP contribution < -0.4 is 0 Å². The van der Waals surface area contributed by atoms with Crippen molar-refractivity contribution < 1.29 is 4.92 Å². The molecule has 0 aliphatic carbocycles. The summed E-state index contributed by atoms with van der Waals surface area (Å²) in [5.41, 5.74) is 2.46. The van der Waals surface area contributed by atoms with E-state index in [-0.39, 0.29) is 20.2 Å². The Labute approximate surface area is 142 Å². The Morgan fingerprint density at radius 2 is 1.68 bits per heavy atom. The molecule has 0 fully saturated rings. The number of hydrogen-bond donors (Lipinski definition) is 0. The van der Waals surface area contributed by atoms with Crippen molar-refractivity contribution in [1.29, 1.82) is 0 Å². The predicted molar refractivity (Wildman–Crippen MR) is 88.7 cm³/mol. The summed E-state index contributed by atoms with van der Waals surface area (Å²) in [4.78, 5) is 16.9. The van der Waals surface area contributed by atoms with Crippen molar-refractivity contribution in [2.45, 2.75) is 0 Å². The summed E-state index contributed by atoms with van der Waals surface area (Å²) in [5.74, 6) is 0. The van der Waals surface area contributed by atoms with Gasteiger partial charge in [-0.2, -0.15) is 0 Å². The summed E-state index contributed by atoms with van der Waals surface area (Å²) in [7, 11) is 0.